The normalized spacial score (nSPS) is 45.8. The summed E-state index contributed by atoms with van der Waals surface area (Å²) in [4.78, 5) is 13.2. The van der Waals surface area contributed by atoms with Crippen LogP contribution in [0.5, 0.6) is 0 Å². The highest BCUT2D eigenvalue weighted by Gasteiger charge is 2.84. The molecule has 4 rings (SSSR count). The Bertz CT molecular complexity index is 737. The van der Waals surface area contributed by atoms with Crippen LogP contribution < -0.4 is 0 Å². The lowest BCUT2D eigenvalue weighted by atomic mass is 9.43. The van der Waals surface area contributed by atoms with Gasteiger partial charge in [0, 0.05) is 12.0 Å². The second-order valence-corrected chi connectivity index (χ2v) is 10.3. The lowest BCUT2D eigenvalue weighted by molar-refractivity contribution is -0.179. The first kappa shape index (κ1) is 20.0. The fraction of sp³-hybridized carbons (Fsp3) is 0.833. The van der Waals surface area contributed by atoms with Gasteiger partial charge < -0.3 is 9.84 Å². The second kappa shape index (κ2) is 6.59. The number of nitrogens with zero attached hydrogens (tertiary/aromatic N) is 1. The molecule has 0 aromatic heterocycles. The van der Waals surface area contributed by atoms with Crippen LogP contribution in [-0.2, 0) is 9.53 Å². The summed E-state index contributed by atoms with van der Waals surface area (Å²) in [5, 5.41) is 21.4. The Balaban J connectivity index is 1.88. The maximum absolute atomic E-state index is 13.2. The van der Waals surface area contributed by atoms with E-state index in [4.69, 9.17) is 4.74 Å². The minimum atomic E-state index is -1.08. The summed E-state index contributed by atoms with van der Waals surface area (Å²) in [5.41, 5.74) is -1.30. The third kappa shape index (κ3) is 2.07. The topological polar surface area (TPSA) is 70.3 Å². The molecule has 4 heteroatoms. The Labute approximate surface area is 169 Å². The number of carboxylic acids is 1. The van der Waals surface area contributed by atoms with Gasteiger partial charge in [-0.25, -0.2) is 0 Å². The molecule has 154 valence electrons. The van der Waals surface area contributed by atoms with Crippen molar-refractivity contribution in [2.45, 2.75) is 66.2 Å². The lowest BCUT2D eigenvalue weighted by Gasteiger charge is -2.57. The number of unbranched alkanes of at least 4 members (excludes halogenated alkanes) is 1. The van der Waals surface area contributed by atoms with Gasteiger partial charge in [0.2, 0.25) is 0 Å². The van der Waals surface area contributed by atoms with Crippen LogP contribution in [0.25, 0.3) is 0 Å². The molecule has 1 N–H and O–H groups in total. The maximum Gasteiger partial charge on any atom is 0.316 e. The van der Waals surface area contributed by atoms with Gasteiger partial charge in [-0.15, -0.1) is 0 Å². The van der Waals surface area contributed by atoms with Gasteiger partial charge in [0.05, 0.1) is 18.1 Å². The molecule has 3 fully saturated rings. The molecule has 0 aromatic carbocycles. The summed E-state index contributed by atoms with van der Waals surface area (Å²) in [7, 11) is 0. The summed E-state index contributed by atoms with van der Waals surface area (Å²) in [6, 6.07) is 2.69. The largest absolute Gasteiger partial charge is 0.481 e. The zero-order valence-electron chi connectivity index (χ0n) is 17.8. The van der Waals surface area contributed by atoms with Crippen LogP contribution in [0, 0.1) is 57.2 Å². The van der Waals surface area contributed by atoms with Crippen molar-refractivity contribution in [2.75, 3.05) is 13.2 Å². The molecular weight excluding hydrogens is 350 g/mol. The highest BCUT2D eigenvalue weighted by Crippen LogP contribution is 2.83. The molecule has 0 radical (unpaired) electrons. The molecule has 0 saturated heterocycles. The van der Waals surface area contributed by atoms with Crippen LogP contribution in [0.3, 0.4) is 0 Å². The molecule has 0 amide bonds. The van der Waals surface area contributed by atoms with Crippen LogP contribution in [0.2, 0.25) is 0 Å². The van der Waals surface area contributed by atoms with E-state index < -0.39 is 22.2 Å². The molecule has 7 atom stereocenters. The van der Waals surface area contributed by atoms with E-state index in [0.29, 0.717) is 31.5 Å². The minimum Gasteiger partial charge on any atom is -0.481 e. The van der Waals surface area contributed by atoms with Crippen molar-refractivity contribution in [1.29, 1.82) is 5.26 Å². The predicted molar refractivity (Wildman–Crippen MR) is 107 cm³/mol. The van der Waals surface area contributed by atoms with Gasteiger partial charge in [-0.05, 0) is 55.3 Å². The Morgan fingerprint density at radius 1 is 1.39 bits per heavy atom. The average Bonchev–Trinajstić information content (AvgIpc) is 3.22. The minimum absolute atomic E-state index is 0.138. The first-order valence-electron chi connectivity index (χ1n) is 11.3. The van der Waals surface area contributed by atoms with Crippen molar-refractivity contribution in [3.63, 3.8) is 0 Å². The molecule has 3 unspecified atom stereocenters. The van der Waals surface area contributed by atoms with Gasteiger partial charge in [0.25, 0.3) is 0 Å². The first-order valence-corrected chi connectivity index (χ1v) is 11.3. The van der Waals surface area contributed by atoms with E-state index in [1.165, 1.54) is 0 Å². The van der Waals surface area contributed by atoms with Crippen molar-refractivity contribution < 1.29 is 14.6 Å². The molecule has 0 heterocycles. The molecule has 4 bridgehead atoms. The lowest BCUT2D eigenvalue weighted by Crippen LogP contribution is -2.62. The number of aliphatic carboxylic acids is 1. The van der Waals surface area contributed by atoms with Crippen molar-refractivity contribution in [2.24, 2.45) is 45.8 Å². The van der Waals surface area contributed by atoms with E-state index in [9.17, 15) is 15.2 Å². The molecule has 0 aliphatic heterocycles. The number of hydrogen-bond acceptors (Lipinski definition) is 3. The predicted octanol–water partition coefficient (Wildman–Crippen LogP) is 5.05. The molecule has 28 heavy (non-hydrogen) atoms. The third-order valence-electron chi connectivity index (χ3n) is 9.04. The fourth-order valence-corrected chi connectivity index (χ4v) is 8.04. The monoisotopic (exact) mass is 385 g/mol. The van der Waals surface area contributed by atoms with Crippen LogP contribution in [0.1, 0.15) is 66.2 Å². The van der Waals surface area contributed by atoms with Crippen LogP contribution >= 0.6 is 0 Å². The Morgan fingerprint density at radius 2 is 2.14 bits per heavy atom. The maximum atomic E-state index is 13.2. The zero-order valence-corrected chi connectivity index (χ0v) is 17.8. The van der Waals surface area contributed by atoms with Crippen molar-refractivity contribution in [1.82, 2.24) is 0 Å². The molecule has 0 aromatic rings. The molecule has 0 spiro atoms. The highest BCUT2D eigenvalue weighted by atomic mass is 16.5. The van der Waals surface area contributed by atoms with E-state index in [1.54, 1.807) is 0 Å². The number of allylic oxidation sites excluding steroid dienone is 1. The fourth-order valence-electron chi connectivity index (χ4n) is 8.04. The average molecular weight is 386 g/mol. The number of carbonyl (C=O) groups is 1. The Kier molecular flexibility index (Phi) is 4.70. The van der Waals surface area contributed by atoms with Crippen molar-refractivity contribution >= 4 is 5.97 Å². The number of carboxylic acid groups (broad SMARTS) is 1. The number of rotatable bonds is 7. The van der Waals surface area contributed by atoms with E-state index in [2.05, 4.69) is 39.8 Å². The van der Waals surface area contributed by atoms with E-state index in [-0.39, 0.29) is 17.8 Å². The third-order valence-corrected chi connectivity index (χ3v) is 9.04. The summed E-state index contributed by atoms with van der Waals surface area (Å²) in [6.45, 7) is 9.80. The van der Waals surface area contributed by atoms with Crippen LogP contribution in [0.4, 0.5) is 0 Å². The number of nitriles is 1. The zero-order chi connectivity index (χ0) is 20.3. The molecular formula is C24H35NO3. The first-order chi connectivity index (χ1) is 13.3. The van der Waals surface area contributed by atoms with Gasteiger partial charge in [0.1, 0.15) is 5.41 Å². The van der Waals surface area contributed by atoms with Gasteiger partial charge in [-0.3, -0.25) is 4.79 Å². The summed E-state index contributed by atoms with van der Waals surface area (Å²) >= 11 is 0. The van der Waals surface area contributed by atoms with E-state index in [1.807, 2.05) is 0 Å². The van der Waals surface area contributed by atoms with Crippen molar-refractivity contribution in [3.8, 4) is 6.07 Å². The van der Waals surface area contributed by atoms with Gasteiger partial charge >= 0.3 is 5.97 Å². The van der Waals surface area contributed by atoms with Crippen molar-refractivity contribution in [3.05, 3.63) is 11.6 Å². The van der Waals surface area contributed by atoms with E-state index >= 15 is 0 Å². The SMILES string of the molecule is CCCCOC[C@@]12CC3C(C)CCC3[C@@]3(C#N)C[C@@H]1C=C(C(C)C)[C@@]23C(=O)O. The summed E-state index contributed by atoms with van der Waals surface area (Å²) in [6.07, 6.45) is 8.04. The standard InChI is InChI=1S/C24H35NO3/c1-5-6-9-28-14-23-12-18-16(4)7-8-19(18)22(13-25)11-17(23)10-20(15(2)3)24(22,23)21(26)27/h10,15-19H,5-9,11-12,14H2,1-4H3,(H,26,27)/t16?,17-,18?,19?,22-,23-,24-/m0/s1. The number of ether oxygens (including phenoxy) is 1. The number of hydrogen-bond donors (Lipinski definition) is 1. The molecule has 4 aliphatic rings. The van der Waals surface area contributed by atoms with Gasteiger partial charge in [0.15, 0.2) is 0 Å². The van der Waals surface area contributed by atoms with Gasteiger partial charge in [-0.1, -0.05) is 52.2 Å². The quantitative estimate of drug-likeness (QED) is 0.491. The highest BCUT2D eigenvalue weighted by molar-refractivity contribution is 5.85. The smallest absolute Gasteiger partial charge is 0.316 e. The molecule has 3 saturated carbocycles. The Morgan fingerprint density at radius 3 is 2.75 bits per heavy atom. The van der Waals surface area contributed by atoms with Gasteiger partial charge in [-0.2, -0.15) is 5.26 Å². The summed E-state index contributed by atoms with van der Waals surface area (Å²) in [5.74, 6) is 0.746. The molecule has 4 nitrogen and oxygen atoms in total. The van der Waals surface area contributed by atoms with Crippen LogP contribution in [0.15, 0.2) is 11.6 Å². The van der Waals surface area contributed by atoms with Crippen LogP contribution in [-0.4, -0.2) is 24.3 Å². The van der Waals surface area contributed by atoms with E-state index in [0.717, 1.165) is 37.7 Å². The summed E-state index contributed by atoms with van der Waals surface area (Å²) < 4.78 is 6.19. The second-order valence-electron chi connectivity index (χ2n) is 10.3. The number of fused-ring (bicyclic) bond motifs is 2. The molecule has 4 aliphatic carbocycles. The Hall–Kier alpha value is -1.34.